The van der Waals surface area contributed by atoms with Crippen molar-refractivity contribution >= 4 is 0 Å². The average molecular weight is 321 g/mol. The van der Waals surface area contributed by atoms with Crippen LogP contribution in [0.3, 0.4) is 0 Å². The molecule has 1 saturated carbocycles. The molecule has 1 aromatic carbocycles. The summed E-state index contributed by atoms with van der Waals surface area (Å²) in [4.78, 5) is 4.69. The van der Waals surface area contributed by atoms with Gasteiger partial charge in [-0.15, -0.1) is 0 Å². The van der Waals surface area contributed by atoms with Crippen LogP contribution in [0, 0.1) is 17.8 Å². The first-order valence-electron chi connectivity index (χ1n) is 8.30. The summed E-state index contributed by atoms with van der Waals surface area (Å²) in [5.74, 6) is 8.67. The number of aromatic nitrogens is 3. The largest absolute Gasteiger partial charge is 0.374 e. The lowest BCUT2D eigenvalue weighted by molar-refractivity contribution is 0.112. The lowest BCUT2D eigenvalue weighted by atomic mass is 10.1. The van der Waals surface area contributed by atoms with Crippen molar-refractivity contribution in [2.24, 2.45) is 5.92 Å². The molecule has 1 aromatic heterocycles. The van der Waals surface area contributed by atoms with Gasteiger partial charge in [-0.3, -0.25) is 0 Å². The van der Waals surface area contributed by atoms with Crippen LogP contribution in [0.2, 0.25) is 0 Å². The van der Waals surface area contributed by atoms with Crippen LogP contribution >= 0.6 is 0 Å². The molecule has 1 aliphatic rings. The van der Waals surface area contributed by atoms with Gasteiger partial charge in [0.2, 0.25) is 0 Å². The predicted molar refractivity (Wildman–Crippen MR) is 95.3 cm³/mol. The molecule has 3 rings (SSSR count). The molecule has 0 bridgehead atoms. The summed E-state index contributed by atoms with van der Waals surface area (Å²) in [5, 5.41) is 4.60. The Hall–Kier alpha value is -2.38. The van der Waals surface area contributed by atoms with Gasteiger partial charge >= 0.3 is 0 Å². The van der Waals surface area contributed by atoms with E-state index in [0.717, 1.165) is 22.5 Å². The summed E-state index contributed by atoms with van der Waals surface area (Å²) in [6.45, 7) is 8.56. The Labute approximate surface area is 143 Å². The zero-order valence-electron chi connectivity index (χ0n) is 14.5. The molecule has 0 amide bonds. The van der Waals surface area contributed by atoms with Gasteiger partial charge in [-0.1, -0.05) is 36.1 Å². The quantitative estimate of drug-likeness (QED) is 0.617. The molecular formula is C20H23N3O. The smallest absolute Gasteiger partial charge is 0.179 e. The van der Waals surface area contributed by atoms with E-state index in [9.17, 15) is 0 Å². The Bertz CT molecular complexity index is 806. The Morgan fingerprint density at radius 3 is 2.92 bits per heavy atom. The monoisotopic (exact) mass is 321 g/mol. The molecule has 4 nitrogen and oxygen atoms in total. The van der Waals surface area contributed by atoms with Gasteiger partial charge in [0.1, 0.15) is 6.10 Å². The highest BCUT2D eigenvalue weighted by Gasteiger charge is 2.18. The van der Waals surface area contributed by atoms with Crippen molar-refractivity contribution in [3.05, 3.63) is 47.8 Å². The third kappa shape index (κ3) is 3.93. The SMILES string of the molecule is C=C(C)Cn1nc(C(C)OC)nc1-c1cccc(C#CC2CC2)c1. The second kappa shape index (κ2) is 7.02. The van der Waals surface area contributed by atoms with Crippen molar-refractivity contribution in [3.8, 4) is 23.2 Å². The van der Waals surface area contributed by atoms with Crippen LogP contribution in [0.25, 0.3) is 11.4 Å². The molecule has 1 heterocycles. The topological polar surface area (TPSA) is 39.9 Å². The van der Waals surface area contributed by atoms with Gasteiger partial charge in [0.15, 0.2) is 11.6 Å². The summed E-state index contributed by atoms with van der Waals surface area (Å²) < 4.78 is 7.25. The molecular weight excluding hydrogens is 298 g/mol. The van der Waals surface area contributed by atoms with E-state index in [1.807, 2.05) is 36.7 Å². The molecule has 1 fully saturated rings. The number of benzene rings is 1. The average Bonchev–Trinajstić information content (AvgIpc) is 3.31. The van der Waals surface area contributed by atoms with Gasteiger partial charge in [0.05, 0.1) is 6.54 Å². The van der Waals surface area contributed by atoms with E-state index in [-0.39, 0.29) is 6.10 Å². The Morgan fingerprint density at radius 1 is 1.46 bits per heavy atom. The van der Waals surface area contributed by atoms with Crippen LogP contribution in [-0.4, -0.2) is 21.9 Å². The molecule has 0 saturated heterocycles. The summed E-state index contributed by atoms with van der Waals surface area (Å²) >= 11 is 0. The van der Waals surface area contributed by atoms with Gasteiger partial charge < -0.3 is 4.74 Å². The predicted octanol–water partition coefficient (Wildman–Crippen LogP) is 3.99. The van der Waals surface area contributed by atoms with E-state index in [1.54, 1.807) is 7.11 Å². The molecule has 1 unspecified atom stereocenters. The van der Waals surface area contributed by atoms with Crippen molar-refractivity contribution in [2.75, 3.05) is 7.11 Å². The Balaban J connectivity index is 1.97. The number of methoxy groups -OCH3 is 1. The molecule has 1 aliphatic carbocycles. The summed E-state index contributed by atoms with van der Waals surface area (Å²) in [5.41, 5.74) is 3.06. The van der Waals surface area contributed by atoms with Crippen LogP contribution in [0.1, 0.15) is 44.2 Å². The summed E-state index contributed by atoms with van der Waals surface area (Å²) in [6, 6.07) is 8.18. The van der Waals surface area contributed by atoms with Crippen LogP contribution in [0.4, 0.5) is 0 Å². The zero-order chi connectivity index (χ0) is 17.1. The second-order valence-corrected chi connectivity index (χ2v) is 6.41. The molecule has 0 radical (unpaired) electrons. The Kier molecular flexibility index (Phi) is 4.82. The second-order valence-electron chi connectivity index (χ2n) is 6.41. The fraction of sp³-hybridized carbons (Fsp3) is 0.400. The highest BCUT2D eigenvalue weighted by molar-refractivity contribution is 5.59. The van der Waals surface area contributed by atoms with Crippen LogP contribution in [0.15, 0.2) is 36.4 Å². The van der Waals surface area contributed by atoms with E-state index in [4.69, 9.17) is 9.72 Å². The molecule has 4 heteroatoms. The summed E-state index contributed by atoms with van der Waals surface area (Å²) in [7, 11) is 1.66. The number of hydrogen-bond donors (Lipinski definition) is 0. The van der Waals surface area contributed by atoms with Crippen molar-refractivity contribution < 1.29 is 4.74 Å². The van der Waals surface area contributed by atoms with Gasteiger partial charge in [-0.25, -0.2) is 9.67 Å². The van der Waals surface area contributed by atoms with E-state index in [2.05, 4.69) is 29.6 Å². The molecule has 0 N–H and O–H groups in total. The maximum absolute atomic E-state index is 5.36. The van der Waals surface area contributed by atoms with Gasteiger partial charge in [-0.2, -0.15) is 5.10 Å². The third-order valence-corrected chi connectivity index (χ3v) is 3.94. The highest BCUT2D eigenvalue weighted by Crippen LogP contribution is 2.28. The van der Waals surface area contributed by atoms with Crippen LogP contribution < -0.4 is 0 Å². The van der Waals surface area contributed by atoms with E-state index in [1.165, 1.54) is 12.8 Å². The van der Waals surface area contributed by atoms with Crippen LogP contribution in [0.5, 0.6) is 0 Å². The third-order valence-electron chi connectivity index (χ3n) is 3.94. The first kappa shape index (κ1) is 16.5. The molecule has 124 valence electrons. The number of rotatable bonds is 5. The van der Waals surface area contributed by atoms with E-state index >= 15 is 0 Å². The molecule has 1 atom stereocenters. The van der Waals surface area contributed by atoms with Crippen molar-refractivity contribution in [3.63, 3.8) is 0 Å². The van der Waals surface area contributed by atoms with Crippen molar-refractivity contribution in [1.29, 1.82) is 0 Å². The maximum atomic E-state index is 5.36. The molecule has 24 heavy (non-hydrogen) atoms. The number of ether oxygens (including phenoxy) is 1. The lowest BCUT2D eigenvalue weighted by Crippen LogP contribution is -2.05. The van der Waals surface area contributed by atoms with Gasteiger partial charge in [-0.05, 0) is 38.8 Å². The van der Waals surface area contributed by atoms with Crippen molar-refractivity contribution in [1.82, 2.24) is 14.8 Å². The highest BCUT2D eigenvalue weighted by atomic mass is 16.5. The summed E-state index contributed by atoms with van der Waals surface area (Å²) in [6.07, 6.45) is 2.32. The van der Waals surface area contributed by atoms with E-state index in [0.29, 0.717) is 18.3 Å². The standard InChI is InChI=1S/C20H23N3O/c1-14(2)13-23-20(21-19(22-23)15(3)24-4)18-7-5-6-17(12-18)11-10-16-8-9-16/h5-7,12,15-16H,1,8-9,13H2,2-4H3. The first-order valence-corrected chi connectivity index (χ1v) is 8.30. The lowest BCUT2D eigenvalue weighted by Gasteiger charge is -2.06. The Morgan fingerprint density at radius 2 is 2.25 bits per heavy atom. The maximum Gasteiger partial charge on any atom is 0.179 e. The van der Waals surface area contributed by atoms with Gasteiger partial charge in [0.25, 0.3) is 0 Å². The molecule has 0 spiro atoms. The fourth-order valence-electron chi connectivity index (χ4n) is 2.37. The minimum Gasteiger partial charge on any atom is -0.374 e. The van der Waals surface area contributed by atoms with Crippen LogP contribution in [-0.2, 0) is 11.3 Å². The number of nitrogens with zero attached hydrogens (tertiary/aromatic N) is 3. The number of hydrogen-bond acceptors (Lipinski definition) is 3. The van der Waals surface area contributed by atoms with Gasteiger partial charge in [0, 0.05) is 24.2 Å². The zero-order valence-corrected chi connectivity index (χ0v) is 14.5. The molecule has 2 aromatic rings. The fourth-order valence-corrected chi connectivity index (χ4v) is 2.37. The van der Waals surface area contributed by atoms with Crippen molar-refractivity contribution in [2.45, 2.75) is 39.3 Å². The number of allylic oxidation sites excluding steroid dienone is 1. The minimum absolute atomic E-state index is 0.145. The molecule has 0 aliphatic heterocycles. The normalized spacial score (nSPS) is 14.8. The van der Waals surface area contributed by atoms with E-state index < -0.39 is 0 Å². The first-order chi connectivity index (χ1) is 11.6. The minimum atomic E-state index is -0.145.